The van der Waals surface area contributed by atoms with Gasteiger partial charge in [-0.15, -0.1) is 0 Å². The van der Waals surface area contributed by atoms with E-state index in [2.05, 4.69) is 10.6 Å². The number of nitrogens with zero attached hydrogens (tertiary/aromatic N) is 3. The van der Waals surface area contributed by atoms with Crippen LogP contribution in [-0.2, 0) is 30.8 Å². The number of hydrogen-bond acceptors (Lipinski definition) is 6. The minimum absolute atomic E-state index is 0.0470. The molecule has 4 unspecified atom stereocenters. The standard InChI is InChI=1S/C28H32Cl3N5O5S/c1-16(2)34-15-25-35(42(40,41)24-10-9-19(30)13-20(24)31)14-22(33-26(37)21-4-3-11-32-21)27(38)36(25)23(28(34)39)12-17-5-7-18(29)8-6-17/h5-10,13,16,21-23,25,32H,3-4,11-12,14-15H2,1-2H3,(H,33,37). The lowest BCUT2D eigenvalue weighted by molar-refractivity contribution is -0.169. The summed E-state index contributed by atoms with van der Waals surface area (Å²) in [7, 11) is -4.33. The van der Waals surface area contributed by atoms with E-state index in [-0.39, 0.29) is 46.4 Å². The normalized spacial score (nSPS) is 25.2. The molecule has 0 bridgehead atoms. The SMILES string of the molecule is CC(C)N1CC2N(C(=O)C(NC(=O)C3CCCN3)CN2S(=O)(=O)c2ccc(Cl)cc2Cl)C(Cc2ccc(Cl)cc2)C1=O. The molecule has 3 heterocycles. The number of benzene rings is 2. The molecule has 3 saturated heterocycles. The van der Waals surface area contributed by atoms with Crippen LogP contribution in [0.1, 0.15) is 32.3 Å². The smallest absolute Gasteiger partial charge is 0.248 e. The molecule has 2 aromatic carbocycles. The van der Waals surface area contributed by atoms with Gasteiger partial charge in [0.2, 0.25) is 27.7 Å². The van der Waals surface area contributed by atoms with Crippen LogP contribution in [0.2, 0.25) is 15.1 Å². The molecule has 0 saturated carbocycles. The maximum Gasteiger partial charge on any atom is 0.248 e. The van der Waals surface area contributed by atoms with Gasteiger partial charge < -0.3 is 20.4 Å². The second kappa shape index (κ2) is 12.3. The monoisotopic (exact) mass is 655 g/mol. The number of rotatable bonds is 7. The Morgan fingerprint density at radius 1 is 1.02 bits per heavy atom. The number of halogens is 3. The molecule has 2 N–H and O–H groups in total. The molecule has 3 fully saturated rings. The average Bonchev–Trinajstić information content (AvgIpc) is 3.47. The van der Waals surface area contributed by atoms with Gasteiger partial charge in [-0.3, -0.25) is 14.4 Å². The van der Waals surface area contributed by atoms with Crippen LogP contribution in [0.4, 0.5) is 0 Å². The summed E-state index contributed by atoms with van der Waals surface area (Å²) >= 11 is 18.5. The fraction of sp³-hybridized carbons (Fsp3) is 0.464. The molecule has 0 aliphatic carbocycles. The van der Waals surface area contributed by atoms with Crippen LogP contribution in [0.3, 0.4) is 0 Å². The van der Waals surface area contributed by atoms with Crippen LogP contribution < -0.4 is 10.6 Å². The van der Waals surface area contributed by atoms with E-state index in [1.807, 2.05) is 13.8 Å². The lowest BCUT2D eigenvalue weighted by atomic mass is 9.96. The van der Waals surface area contributed by atoms with E-state index < -0.39 is 46.1 Å². The number of carbonyl (C=O) groups is 3. The van der Waals surface area contributed by atoms with Gasteiger partial charge in [0.05, 0.1) is 17.6 Å². The summed E-state index contributed by atoms with van der Waals surface area (Å²) in [6.45, 7) is 3.97. The van der Waals surface area contributed by atoms with Gasteiger partial charge in [-0.05, 0) is 69.1 Å². The molecule has 5 rings (SSSR count). The molecule has 42 heavy (non-hydrogen) atoms. The molecule has 0 radical (unpaired) electrons. The first kappa shape index (κ1) is 31.0. The third-order valence-electron chi connectivity index (χ3n) is 7.97. The Morgan fingerprint density at radius 3 is 2.33 bits per heavy atom. The molecule has 10 nitrogen and oxygen atoms in total. The van der Waals surface area contributed by atoms with Crippen LogP contribution in [0.15, 0.2) is 47.4 Å². The number of hydrogen-bond donors (Lipinski definition) is 2. The van der Waals surface area contributed by atoms with E-state index in [0.717, 1.165) is 12.0 Å². The van der Waals surface area contributed by atoms with Crippen LogP contribution in [0, 0.1) is 0 Å². The zero-order valence-electron chi connectivity index (χ0n) is 23.1. The van der Waals surface area contributed by atoms with Crippen molar-refractivity contribution >= 4 is 62.5 Å². The van der Waals surface area contributed by atoms with E-state index in [4.69, 9.17) is 34.8 Å². The first-order valence-electron chi connectivity index (χ1n) is 13.8. The summed E-state index contributed by atoms with van der Waals surface area (Å²) in [6, 6.07) is 7.98. The third-order valence-corrected chi connectivity index (χ3v) is 10.8. The quantitative estimate of drug-likeness (QED) is 0.473. The Morgan fingerprint density at radius 2 is 1.71 bits per heavy atom. The largest absolute Gasteiger partial charge is 0.342 e. The third kappa shape index (κ3) is 6.00. The zero-order chi connectivity index (χ0) is 30.3. The van der Waals surface area contributed by atoms with Gasteiger partial charge in [0.25, 0.3) is 0 Å². The predicted octanol–water partition coefficient (Wildman–Crippen LogP) is 2.90. The van der Waals surface area contributed by atoms with Crippen molar-refractivity contribution in [2.75, 3.05) is 19.6 Å². The molecule has 226 valence electrons. The Balaban J connectivity index is 1.59. The van der Waals surface area contributed by atoms with Crippen LogP contribution in [-0.4, -0.2) is 90.2 Å². The van der Waals surface area contributed by atoms with Gasteiger partial charge in [0.1, 0.15) is 23.1 Å². The van der Waals surface area contributed by atoms with Crippen molar-refractivity contribution in [1.82, 2.24) is 24.7 Å². The summed E-state index contributed by atoms with van der Waals surface area (Å²) in [5.74, 6) is -1.22. The van der Waals surface area contributed by atoms with Gasteiger partial charge >= 0.3 is 0 Å². The lowest BCUT2D eigenvalue weighted by Gasteiger charge is -2.54. The predicted molar refractivity (Wildman–Crippen MR) is 160 cm³/mol. The van der Waals surface area contributed by atoms with Gasteiger partial charge in [0.15, 0.2) is 0 Å². The number of nitrogens with one attached hydrogen (secondary N) is 2. The summed E-state index contributed by atoms with van der Waals surface area (Å²) < 4.78 is 29.7. The van der Waals surface area contributed by atoms with E-state index in [0.29, 0.717) is 18.0 Å². The Hall–Kier alpha value is -2.41. The van der Waals surface area contributed by atoms with Gasteiger partial charge in [-0.25, -0.2) is 8.42 Å². The molecular formula is C28H32Cl3N5O5S. The number of fused-ring (bicyclic) bond motifs is 1. The number of piperazine rings is 1. The number of sulfonamides is 1. The highest BCUT2D eigenvalue weighted by Gasteiger charge is 2.54. The van der Waals surface area contributed by atoms with Gasteiger partial charge in [-0.2, -0.15) is 4.31 Å². The number of amides is 3. The molecule has 14 heteroatoms. The van der Waals surface area contributed by atoms with Crippen molar-refractivity contribution < 1.29 is 22.8 Å². The van der Waals surface area contributed by atoms with Crippen molar-refractivity contribution in [3.63, 3.8) is 0 Å². The first-order valence-corrected chi connectivity index (χ1v) is 16.3. The fourth-order valence-corrected chi connectivity index (χ4v) is 8.27. The van der Waals surface area contributed by atoms with Crippen molar-refractivity contribution in [1.29, 1.82) is 0 Å². The average molecular weight is 657 g/mol. The van der Waals surface area contributed by atoms with E-state index in [9.17, 15) is 22.8 Å². The maximum atomic E-state index is 14.2. The summed E-state index contributed by atoms with van der Waals surface area (Å²) in [5.41, 5.74) is 0.742. The molecule has 3 aliphatic rings. The van der Waals surface area contributed by atoms with Crippen molar-refractivity contribution in [3.8, 4) is 0 Å². The molecule has 0 spiro atoms. The minimum Gasteiger partial charge on any atom is -0.342 e. The highest BCUT2D eigenvalue weighted by molar-refractivity contribution is 7.89. The summed E-state index contributed by atoms with van der Waals surface area (Å²) in [5, 5.41) is 6.57. The summed E-state index contributed by atoms with van der Waals surface area (Å²) in [4.78, 5) is 43.9. The van der Waals surface area contributed by atoms with Gasteiger partial charge in [0, 0.05) is 29.1 Å². The van der Waals surface area contributed by atoms with Crippen LogP contribution >= 0.6 is 34.8 Å². The Labute approximate surface area is 260 Å². The van der Waals surface area contributed by atoms with E-state index in [1.165, 1.54) is 27.4 Å². The fourth-order valence-electron chi connectivity index (χ4n) is 5.81. The molecule has 4 atom stereocenters. The Kier molecular flexibility index (Phi) is 9.08. The highest BCUT2D eigenvalue weighted by atomic mass is 35.5. The van der Waals surface area contributed by atoms with Crippen molar-refractivity contribution in [3.05, 3.63) is 63.1 Å². The molecule has 0 aromatic heterocycles. The second-order valence-electron chi connectivity index (χ2n) is 11.0. The van der Waals surface area contributed by atoms with Crippen molar-refractivity contribution in [2.45, 2.75) is 68.3 Å². The zero-order valence-corrected chi connectivity index (χ0v) is 26.2. The summed E-state index contributed by atoms with van der Waals surface area (Å²) in [6.07, 6.45) is 0.498. The Bertz CT molecular complexity index is 1480. The van der Waals surface area contributed by atoms with E-state index in [1.54, 1.807) is 29.2 Å². The molecule has 2 aromatic rings. The maximum absolute atomic E-state index is 14.2. The molecule has 3 aliphatic heterocycles. The topological polar surface area (TPSA) is 119 Å². The van der Waals surface area contributed by atoms with Crippen LogP contribution in [0.5, 0.6) is 0 Å². The molecule has 3 amide bonds. The number of carbonyl (C=O) groups excluding carboxylic acids is 3. The second-order valence-corrected chi connectivity index (χ2v) is 14.2. The highest BCUT2D eigenvalue weighted by Crippen LogP contribution is 2.35. The molecular weight excluding hydrogens is 625 g/mol. The van der Waals surface area contributed by atoms with Crippen LogP contribution in [0.25, 0.3) is 0 Å². The first-order chi connectivity index (χ1) is 19.9. The van der Waals surface area contributed by atoms with Crippen molar-refractivity contribution in [2.24, 2.45) is 0 Å². The van der Waals surface area contributed by atoms with E-state index >= 15 is 0 Å². The minimum atomic E-state index is -4.33. The van der Waals surface area contributed by atoms with Gasteiger partial charge in [-0.1, -0.05) is 46.9 Å². The lowest BCUT2D eigenvalue weighted by Crippen LogP contribution is -2.76.